The number of fused-ring (bicyclic) bond motifs is 1. The van der Waals surface area contributed by atoms with E-state index in [0.29, 0.717) is 17.8 Å². The summed E-state index contributed by atoms with van der Waals surface area (Å²) in [5, 5.41) is 9.76. The van der Waals surface area contributed by atoms with E-state index in [1.54, 1.807) is 29.0 Å². The Kier molecular flexibility index (Phi) is 4.24. The number of nitrogens with one attached hydrogen (secondary N) is 2. The molecule has 2 aromatic rings. The Morgan fingerprint density at radius 1 is 1.33 bits per heavy atom. The topological polar surface area (TPSA) is 79.3 Å². The zero-order chi connectivity index (χ0) is 17.3. The molecule has 1 aliphatic heterocycles. The zero-order valence-electron chi connectivity index (χ0n) is 14.0. The average Bonchev–Trinajstić information content (AvgIpc) is 3.11. The van der Waals surface area contributed by atoms with Crippen molar-refractivity contribution in [2.75, 3.05) is 18.9 Å². The Hall–Kier alpha value is -2.83. The number of carbonyl (C=O) groups excluding carboxylic acids is 2. The molecule has 0 fully saturated rings. The van der Waals surface area contributed by atoms with Crippen LogP contribution in [0.3, 0.4) is 0 Å². The van der Waals surface area contributed by atoms with Gasteiger partial charge in [0.25, 0.3) is 5.91 Å². The quantitative estimate of drug-likeness (QED) is 0.905. The molecular weight excluding hydrogens is 306 g/mol. The van der Waals surface area contributed by atoms with E-state index in [9.17, 15) is 9.59 Å². The van der Waals surface area contributed by atoms with Crippen molar-refractivity contribution in [3.63, 3.8) is 0 Å². The number of carbonyl (C=O) groups is 2. The second kappa shape index (κ2) is 6.35. The van der Waals surface area contributed by atoms with Gasteiger partial charge in [-0.3, -0.25) is 9.48 Å². The van der Waals surface area contributed by atoms with Gasteiger partial charge in [-0.1, -0.05) is 18.2 Å². The summed E-state index contributed by atoms with van der Waals surface area (Å²) >= 11 is 0. The van der Waals surface area contributed by atoms with Gasteiger partial charge in [0, 0.05) is 31.4 Å². The van der Waals surface area contributed by atoms with Gasteiger partial charge < -0.3 is 15.5 Å². The number of anilines is 1. The van der Waals surface area contributed by atoms with Crippen LogP contribution >= 0.6 is 0 Å². The van der Waals surface area contributed by atoms with Crippen LogP contribution in [0.4, 0.5) is 10.5 Å². The molecule has 1 atom stereocenters. The summed E-state index contributed by atoms with van der Waals surface area (Å²) in [6.45, 7) is 4.38. The third-order valence-corrected chi connectivity index (χ3v) is 4.18. The summed E-state index contributed by atoms with van der Waals surface area (Å²) in [4.78, 5) is 25.9. The number of nitrogens with zero attached hydrogens (tertiary/aromatic N) is 3. The van der Waals surface area contributed by atoms with Crippen molar-refractivity contribution >= 4 is 17.6 Å². The third kappa shape index (κ3) is 2.97. The standard InChI is InChI=1S/C17H21N5O2/c1-11(2)22-10-12(8-19-22)20-17(24)18-9-15-13-6-4-5-7-14(13)16(23)21(15)3/h4-8,10-11,15H,9H2,1-3H3,(H2,18,20,24). The molecule has 24 heavy (non-hydrogen) atoms. The Balaban J connectivity index is 1.61. The van der Waals surface area contributed by atoms with E-state index in [1.807, 2.05) is 38.1 Å². The molecule has 1 aliphatic rings. The van der Waals surface area contributed by atoms with Crippen molar-refractivity contribution in [2.24, 2.45) is 0 Å². The van der Waals surface area contributed by atoms with Crippen LogP contribution in [0.15, 0.2) is 36.7 Å². The molecule has 3 amide bonds. The van der Waals surface area contributed by atoms with E-state index in [1.165, 1.54) is 0 Å². The van der Waals surface area contributed by atoms with Gasteiger partial charge in [-0.25, -0.2) is 4.79 Å². The van der Waals surface area contributed by atoms with Gasteiger partial charge in [-0.05, 0) is 25.5 Å². The number of hydrogen-bond donors (Lipinski definition) is 2. The molecule has 0 spiro atoms. The second-order valence-electron chi connectivity index (χ2n) is 6.16. The number of benzene rings is 1. The maximum absolute atomic E-state index is 12.2. The van der Waals surface area contributed by atoms with Crippen LogP contribution < -0.4 is 10.6 Å². The first-order valence-corrected chi connectivity index (χ1v) is 7.92. The van der Waals surface area contributed by atoms with Gasteiger partial charge in [-0.2, -0.15) is 5.10 Å². The zero-order valence-corrected chi connectivity index (χ0v) is 14.0. The normalized spacial score (nSPS) is 16.4. The lowest BCUT2D eigenvalue weighted by Crippen LogP contribution is -2.36. The van der Waals surface area contributed by atoms with Crippen molar-refractivity contribution in [3.05, 3.63) is 47.8 Å². The number of urea groups is 1. The van der Waals surface area contributed by atoms with E-state index in [2.05, 4.69) is 15.7 Å². The highest BCUT2D eigenvalue weighted by atomic mass is 16.2. The lowest BCUT2D eigenvalue weighted by atomic mass is 10.1. The Bertz CT molecular complexity index is 768. The first-order valence-electron chi connectivity index (χ1n) is 7.92. The lowest BCUT2D eigenvalue weighted by Gasteiger charge is -2.21. The van der Waals surface area contributed by atoms with Crippen molar-refractivity contribution in [1.29, 1.82) is 0 Å². The number of rotatable bonds is 4. The number of hydrogen-bond acceptors (Lipinski definition) is 3. The highest BCUT2D eigenvalue weighted by molar-refractivity contribution is 5.99. The summed E-state index contributed by atoms with van der Waals surface area (Å²) in [5.41, 5.74) is 2.28. The van der Waals surface area contributed by atoms with Crippen molar-refractivity contribution < 1.29 is 9.59 Å². The molecular formula is C17H21N5O2. The van der Waals surface area contributed by atoms with Crippen molar-refractivity contribution in [1.82, 2.24) is 20.0 Å². The largest absolute Gasteiger partial charge is 0.335 e. The van der Waals surface area contributed by atoms with Crippen LogP contribution in [0.1, 0.15) is 41.9 Å². The van der Waals surface area contributed by atoms with Gasteiger partial charge in [0.05, 0.1) is 17.9 Å². The van der Waals surface area contributed by atoms with Gasteiger partial charge >= 0.3 is 6.03 Å². The Labute approximate surface area is 140 Å². The Morgan fingerprint density at radius 2 is 2.08 bits per heavy atom. The molecule has 1 unspecified atom stereocenters. The fraction of sp³-hybridized carbons (Fsp3) is 0.353. The minimum atomic E-state index is -0.316. The van der Waals surface area contributed by atoms with E-state index in [-0.39, 0.29) is 24.0 Å². The molecule has 2 N–H and O–H groups in total. The number of amides is 3. The van der Waals surface area contributed by atoms with Gasteiger partial charge in [0.2, 0.25) is 0 Å². The first kappa shape index (κ1) is 16.0. The molecule has 3 rings (SSSR count). The molecule has 0 saturated carbocycles. The molecule has 0 saturated heterocycles. The Morgan fingerprint density at radius 3 is 2.79 bits per heavy atom. The molecule has 1 aromatic heterocycles. The highest BCUT2D eigenvalue weighted by Gasteiger charge is 2.33. The van der Waals surface area contributed by atoms with E-state index >= 15 is 0 Å². The van der Waals surface area contributed by atoms with Crippen molar-refractivity contribution in [3.8, 4) is 0 Å². The monoisotopic (exact) mass is 327 g/mol. The molecule has 2 heterocycles. The second-order valence-corrected chi connectivity index (χ2v) is 6.16. The molecule has 126 valence electrons. The SMILES string of the molecule is CC(C)n1cc(NC(=O)NCC2c3ccccc3C(=O)N2C)cn1. The van der Waals surface area contributed by atoms with E-state index in [0.717, 1.165) is 5.56 Å². The van der Waals surface area contributed by atoms with Crippen LogP contribution in [0.2, 0.25) is 0 Å². The van der Waals surface area contributed by atoms with Crippen LogP contribution in [0.25, 0.3) is 0 Å². The number of likely N-dealkylation sites (N-methyl/N-ethyl adjacent to an activating group) is 1. The molecule has 7 heteroatoms. The summed E-state index contributed by atoms with van der Waals surface area (Å²) in [6, 6.07) is 7.25. The molecule has 0 aliphatic carbocycles. The van der Waals surface area contributed by atoms with Crippen molar-refractivity contribution in [2.45, 2.75) is 25.9 Å². The third-order valence-electron chi connectivity index (χ3n) is 4.18. The first-order chi connectivity index (χ1) is 11.5. The fourth-order valence-electron chi connectivity index (χ4n) is 2.82. The predicted octanol–water partition coefficient (Wildman–Crippen LogP) is 2.41. The molecule has 1 aromatic carbocycles. The maximum atomic E-state index is 12.2. The van der Waals surface area contributed by atoms with Crippen LogP contribution in [0.5, 0.6) is 0 Å². The van der Waals surface area contributed by atoms with Gasteiger partial charge in [0.15, 0.2) is 0 Å². The molecule has 0 bridgehead atoms. The van der Waals surface area contributed by atoms with Crippen LogP contribution in [-0.2, 0) is 0 Å². The maximum Gasteiger partial charge on any atom is 0.319 e. The fourth-order valence-corrected chi connectivity index (χ4v) is 2.82. The van der Waals surface area contributed by atoms with Gasteiger partial charge in [-0.15, -0.1) is 0 Å². The van der Waals surface area contributed by atoms with E-state index in [4.69, 9.17) is 0 Å². The smallest absolute Gasteiger partial charge is 0.319 e. The molecule has 0 radical (unpaired) electrons. The average molecular weight is 327 g/mol. The summed E-state index contributed by atoms with van der Waals surface area (Å²) in [5.74, 6) is -0.0176. The minimum absolute atomic E-state index is 0.0176. The molecule has 7 nitrogen and oxygen atoms in total. The van der Waals surface area contributed by atoms with Crippen LogP contribution in [0, 0.1) is 0 Å². The summed E-state index contributed by atoms with van der Waals surface area (Å²) in [6.07, 6.45) is 3.39. The van der Waals surface area contributed by atoms with Gasteiger partial charge in [0.1, 0.15) is 0 Å². The highest BCUT2D eigenvalue weighted by Crippen LogP contribution is 2.31. The minimum Gasteiger partial charge on any atom is -0.335 e. The predicted molar refractivity (Wildman–Crippen MR) is 90.9 cm³/mol. The summed E-state index contributed by atoms with van der Waals surface area (Å²) in [7, 11) is 1.75. The summed E-state index contributed by atoms with van der Waals surface area (Å²) < 4.78 is 1.77. The van der Waals surface area contributed by atoms with E-state index < -0.39 is 0 Å². The lowest BCUT2D eigenvalue weighted by molar-refractivity contribution is 0.0774. The van der Waals surface area contributed by atoms with Crippen LogP contribution in [-0.4, -0.2) is 40.2 Å². The number of aromatic nitrogens is 2.